The fourth-order valence-corrected chi connectivity index (χ4v) is 1.15. The molecule has 0 aliphatic heterocycles. The third-order valence-electron chi connectivity index (χ3n) is 1.98. The Morgan fingerprint density at radius 1 is 1.60 bits per heavy atom. The van der Waals surface area contributed by atoms with Crippen LogP contribution in [-0.4, -0.2) is 22.1 Å². The van der Waals surface area contributed by atoms with Crippen LogP contribution in [0.1, 0.15) is 13.8 Å². The van der Waals surface area contributed by atoms with Gasteiger partial charge in [0.05, 0.1) is 0 Å². The molecule has 82 valence electrons. The zero-order valence-electron chi connectivity index (χ0n) is 8.57. The molecule has 1 aromatic rings. The van der Waals surface area contributed by atoms with E-state index in [0.717, 1.165) is 0 Å². The van der Waals surface area contributed by atoms with Crippen LogP contribution in [-0.2, 0) is 4.79 Å². The van der Waals surface area contributed by atoms with Crippen molar-refractivity contribution in [3.8, 4) is 0 Å². The lowest BCUT2D eigenvalue weighted by atomic mass is 10.1. The number of anilines is 1. The predicted molar refractivity (Wildman–Crippen MR) is 54.1 cm³/mol. The second-order valence-corrected chi connectivity index (χ2v) is 3.54. The van der Waals surface area contributed by atoms with Crippen LogP contribution in [0.15, 0.2) is 18.3 Å². The number of nitrogens with zero attached hydrogens (tertiary/aromatic N) is 1. The molecular formula is C10H13FN2O2. The van der Waals surface area contributed by atoms with Gasteiger partial charge in [-0.3, -0.25) is 0 Å². The van der Waals surface area contributed by atoms with Crippen molar-refractivity contribution >= 4 is 11.8 Å². The van der Waals surface area contributed by atoms with Crippen LogP contribution in [0.3, 0.4) is 0 Å². The Hall–Kier alpha value is -1.65. The summed E-state index contributed by atoms with van der Waals surface area (Å²) < 4.78 is 13.2. The molecule has 0 amide bonds. The van der Waals surface area contributed by atoms with Gasteiger partial charge in [-0.15, -0.1) is 0 Å². The highest BCUT2D eigenvalue weighted by Crippen LogP contribution is 2.13. The minimum absolute atomic E-state index is 0.0291. The smallest absolute Gasteiger partial charge is 0.326 e. The number of pyridine rings is 1. The Morgan fingerprint density at radius 3 is 2.73 bits per heavy atom. The van der Waals surface area contributed by atoms with Crippen molar-refractivity contribution in [1.82, 2.24) is 4.98 Å². The number of carboxylic acids is 1. The predicted octanol–water partition coefficient (Wildman–Crippen LogP) is 1.74. The molecule has 0 spiro atoms. The summed E-state index contributed by atoms with van der Waals surface area (Å²) >= 11 is 0. The van der Waals surface area contributed by atoms with Crippen molar-refractivity contribution in [1.29, 1.82) is 0 Å². The molecule has 1 heterocycles. The third-order valence-corrected chi connectivity index (χ3v) is 1.98. The maximum Gasteiger partial charge on any atom is 0.326 e. The number of carbonyl (C=O) groups is 1. The molecule has 0 aliphatic carbocycles. The van der Waals surface area contributed by atoms with Crippen molar-refractivity contribution in [2.45, 2.75) is 19.9 Å². The van der Waals surface area contributed by atoms with Crippen LogP contribution in [0.5, 0.6) is 0 Å². The second kappa shape index (κ2) is 4.72. The molecule has 0 aliphatic rings. The van der Waals surface area contributed by atoms with Gasteiger partial charge in [-0.05, 0) is 18.1 Å². The van der Waals surface area contributed by atoms with Crippen LogP contribution < -0.4 is 5.32 Å². The van der Waals surface area contributed by atoms with E-state index in [2.05, 4.69) is 10.3 Å². The third kappa shape index (κ3) is 2.90. The van der Waals surface area contributed by atoms with Crippen LogP contribution in [0.25, 0.3) is 0 Å². The molecule has 0 saturated heterocycles. The molecule has 0 radical (unpaired) electrons. The van der Waals surface area contributed by atoms with Crippen LogP contribution >= 0.6 is 0 Å². The Balaban J connectivity index is 2.84. The van der Waals surface area contributed by atoms with Crippen molar-refractivity contribution in [2.75, 3.05) is 5.32 Å². The van der Waals surface area contributed by atoms with Crippen LogP contribution in [0.2, 0.25) is 0 Å². The summed E-state index contributed by atoms with van der Waals surface area (Å²) in [4.78, 5) is 14.6. The van der Waals surface area contributed by atoms with Crippen molar-refractivity contribution in [3.05, 3.63) is 24.1 Å². The topological polar surface area (TPSA) is 62.2 Å². The molecule has 0 fully saturated rings. The number of halogens is 1. The standard InChI is InChI=1S/C10H13FN2O2/c1-6(2)8(10(14)15)13-9-7(11)4-3-5-12-9/h3-6,8H,1-2H3,(H,12,13)(H,14,15)/t8-/m0/s1. The first-order valence-corrected chi connectivity index (χ1v) is 4.62. The van der Waals surface area contributed by atoms with E-state index in [0.29, 0.717) is 0 Å². The van der Waals surface area contributed by atoms with Gasteiger partial charge < -0.3 is 10.4 Å². The quantitative estimate of drug-likeness (QED) is 0.798. The number of rotatable bonds is 4. The van der Waals surface area contributed by atoms with Gasteiger partial charge in [0.2, 0.25) is 0 Å². The van der Waals surface area contributed by atoms with Gasteiger partial charge in [0.1, 0.15) is 6.04 Å². The lowest BCUT2D eigenvalue weighted by Gasteiger charge is -2.18. The van der Waals surface area contributed by atoms with Crippen LogP contribution in [0.4, 0.5) is 10.2 Å². The number of hydrogen-bond donors (Lipinski definition) is 2. The molecule has 0 saturated carbocycles. The van der Waals surface area contributed by atoms with Crippen molar-refractivity contribution in [3.63, 3.8) is 0 Å². The number of nitrogens with one attached hydrogen (secondary N) is 1. The fourth-order valence-electron chi connectivity index (χ4n) is 1.15. The first-order valence-electron chi connectivity index (χ1n) is 4.62. The monoisotopic (exact) mass is 212 g/mol. The maximum absolute atomic E-state index is 13.2. The molecule has 1 atom stereocenters. The lowest BCUT2D eigenvalue weighted by molar-refractivity contribution is -0.138. The Labute approximate surface area is 87.1 Å². The number of hydrogen-bond acceptors (Lipinski definition) is 3. The summed E-state index contributed by atoms with van der Waals surface area (Å²) in [6.45, 7) is 3.49. The summed E-state index contributed by atoms with van der Waals surface area (Å²) in [5.41, 5.74) is 0. The molecule has 2 N–H and O–H groups in total. The van der Waals surface area contributed by atoms with Crippen molar-refractivity contribution in [2.24, 2.45) is 5.92 Å². The molecule has 15 heavy (non-hydrogen) atoms. The zero-order valence-corrected chi connectivity index (χ0v) is 8.57. The molecule has 5 heteroatoms. The first-order chi connectivity index (χ1) is 7.02. The van der Waals surface area contributed by atoms with Gasteiger partial charge in [0, 0.05) is 6.20 Å². The van der Waals surface area contributed by atoms with Gasteiger partial charge in [0.25, 0.3) is 0 Å². The highest BCUT2D eigenvalue weighted by molar-refractivity contribution is 5.77. The van der Waals surface area contributed by atoms with Gasteiger partial charge >= 0.3 is 5.97 Å². The van der Waals surface area contributed by atoms with E-state index >= 15 is 0 Å². The normalized spacial score (nSPS) is 12.5. The minimum atomic E-state index is -1.02. The van der Waals surface area contributed by atoms with E-state index in [9.17, 15) is 9.18 Å². The van der Waals surface area contributed by atoms with Crippen LogP contribution in [0, 0.1) is 11.7 Å². The molecule has 4 nitrogen and oxygen atoms in total. The Morgan fingerprint density at radius 2 is 2.27 bits per heavy atom. The molecule has 1 rings (SSSR count). The van der Waals surface area contributed by atoms with Gasteiger partial charge in [-0.1, -0.05) is 13.8 Å². The maximum atomic E-state index is 13.2. The Kier molecular flexibility index (Phi) is 3.60. The summed E-state index contributed by atoms with van der Waals surface area (Å²) in [5.74, 6) is -1.75. The summed E-state index contributed by atoms with van der Waals surface area (Å²) in [6.07, 6.45) is 1.41. The van der Waals surface area contributed by atoms with Gasteiger partial charge in [0.15, 0.2) is 11.6 Å². The van der Waals surface area contributed by atoms with E-state index in [-0.39, 0.29) is 11.7 Å². The molecule has 1 aromatic heterocycles. The largest absolute Gasteiger partial charge is 0.480 e. The molecular weight excluding hydrogens is 199 g/mol. The minimum Gasteiger partial charge on any atom is -0.480 e. The zero-order chi connectivity index (χ0) is 11.4. The van der Waals surface area contributed by atoms with E-state index in [1.54, 1.807) is 13.8 Å². The Bertz CT molecular complexity index is 355. The van der Waals surface area contributed by atoms with Gasteiger partial charge in [-0.25, -0.2) is 14.2 Å². The van der Waals surface area contributed by atoms with E-state index in [1.165, 1.54) is 18.3 Å². The highest BCUT2D eigenvalue weighted by atomic mass is 19.1. The van der Waals surface area contributed by atoms with E-state index in [4.69, 9.17) is 5.11 Å². The van der Waals surface area contributed by atoms with Gasteiger partial charge in [-0.2, -0.15) is 0 Å². The average molecular weight is 212 g/mol. The average Bonchev–Trinajstić information content (AvgIpc) is 2.15. The van der Waals surface area contributed by atoms with E-state index in [1.807, 2.05) is 0 Å². The van der Waals surface area contributed by atoms with Crippen molar-refractivity contribution < 1.29 is 14.3 Å². The lowest BCUT2D eigenvalue weighted by Crippen LogP contribution is -2.34. The molecule has 0 bridgehead atoms. The number of aliphatic carboxylic acids is 1. The first kappa shape index (κ1) is 11.4. The molecule has 0 unspecified atom stereocenters. The summed E-state index contributed by atoms with van der Waals surface area (Å²) in [6, 6.07) is 1.84. The highest BCUT2D eigenvalue weighted by Gasteiger charge is 2.22. The molecule has 0 aromatic carbocycles. The summed E-state index contributed by atoms with van der Waals surface area (Å²) in [5, 5.41) is 11.4. The SMILES string of the molecule is CC(C)[C@H](Nc1ncccc1F)C(=O)O. The van der Waals surface area contributed by atoms with E-state index < -0.39 is 17.8 Å². The second-order valence-electron chi connectivity index (χ2n) is 3.54. The summed E-state index contributed by atoms with van der Waals surface area (Å²) in [7, 11) is 0. The number of carboxylic acid groups (broad SMARTS) is 1. The fraction of sp³-hybridized carbons (Fsp3) is 0.400. The number of aromatic nitrogens is 1.